The quantitative estimate of drug-likeness (QED) is 0.0454. The first-order valence-electron chi connectivity index (χ1n) is 26.3. The van der Waals surface area contributed by atoms with Crippen LogP contribution in [-0.4, -0.2) is 12.6 Å². The number of ether oxygens (including phenoxy) is 1. The number of carbonyl (C=O) groups excluding carboxylic acids is 1. The van der Waals surface area contributed by atoms with E-state index in [1.807, 2.05) is 0 Å². The van der Waals surface area contributed by atoms with Crippen molar-refractivity contribution in [1.29, 1.82) is 0 Å². The third-order valence-electron chi connectivity index (χ3n) is 12.4. The van der Waals surface area contributed by atoms with Crippen molar-refractivity contribution in [2.24, 2.45) is 5.92 Å². The van der Waals surface area contributed by atoms with Crippen LogP contribution in [0.3, 0.4) is 0 Å². The van der Waals surface area contributed by atoms with Crippen LogP contribution in [0.4, 0.5) is 0 Å². The summed E-state index contributed by atoms with van der Waals surface area (Å²) in [5.74, 6) is 0.905. The lowest BCUT2D eigenvalue weighted by Gasteiger charge is -2.06. The second-order valence-corrected chi connectivity index (χ2v) is 18.7. The fourth-order valence-electron chi connectivity index (χ4n) is 8.50. The summed E-state index contributed by atoms with van der Waals surface area (Å²) >= 11 is 0. The van der Waals surface area contributed by atoms with E-state index in [2.05, 4.69) is 20.8 Å². The summed E-state index contributed by atoms with van der Waals surface area (Å²) < 4.78 is 5.49. The second-order valence-electron chi connectivity index (χ2n) is 18.7. The van der Waals surface area contributed by atoms with Crippen LogP contribution < -0.4 is 0 Å². The summed E-state index contributed by atoms with van der Waals surface area (Å²) in [4.78, 5) is 12.0. The van der Waals surface area contributed by atoms with E-state index in [9.17, 15) is 4.79 Å². The van der Waals surface area contributed by atoms with Gasteiger partial charge in [-0.05, 0) is 18.8 Å². The standard InChI is InChI=1S/C53H106O2/c1-4-5-6-7-8-9-10-11-12-13-14-15-16-17-18-19-20-21-22-23-24-25-26-27-28-29-32-35-38-41-44-47-50-53(54)55-51-48-45-42-39-36-33-30-31-34-37-40-43-46-49-52(2)3/h52H,4-51H2,1-3H3. The highest BCUT2D eigenvalue weighted by atomic mass is 16.5. The maximum absolute atomic E-state index is 12.0. The maximum Gasteiger partial charge on any atom is 0.305 e. The molecule has 0 unspecified atom stereocenters. The smallest absolute Gasteiger partial charge is 0.305 e. The van der Waals surface area contributed by atoms with Gasteiger partial charge in [0.1, 0.15) is 0 Å². The molecule has 0 aliphatic carbocycles. The zero-order valence-electron chi connectivity index (χ0n) is 38.8. The van der Waals surface area contributed by atoms with Gasteiger partial charge < -0.3 is 4.74 Å². The van der Waals surface area contributed by atoms with Gasteiger partial charge in [0.05, 0.1) is 6.61 Å². The Balaban J connectivity index is 3.13. The number of hydrogen-bond donors (Lipinski definition) is 0. The van der Waals surface area contributed by atoms with E-state index in [0.29, 0.717) is 13.0 Å². The molecule has 0 aromatic carbocycles. The first kappa shape index (κ1) is 54.5. The molecule has 0 amide bonds. The molecule has 55 heavy (non-hydrogen) atoms. The largest absolute Gasteiger partial charge is 0.466 e. The Morgan fingerprint density at radius 2 is 0.527 bits per heavy atom. The zero-order chi connectivity index (χ0) is 39.8. The SMILES string of the molecule is CCCCCCCCCCCCCCCCCCCCCCCCCCCCCCCCCCC(=O)OCCCCCCCCCCCCCCCC(C)C. The summed E-state index contributed by atoms with van der Waals surface area (Å²) in [5, 5.41) is 0. The van der Waals surface area contributed by atoms with Gasteiger partial charge in [-0.15, -0.1) is 0 Å². The summed E-state index contributed by atoms with van der Waals surface area (Å²) in [5.41, 5.74) is 0. The first-order valence-corrected chi connectivity index (χ1v) is 26.3. The number of esters is 1. The molecule has 0 atom stereocenters. The molecule has 0 saturated carbocycles. The van der Waals surface area contributed by atoms with Crippen molar-refractivity contribution in [3.63, 3.8) is 0 Å². The van der Waals surface area contributed by atoms with Crippen molar-refractivity contribution >= 4 is 5.97 Å². The van der Waals surface area contributed by atoms with E-state index in [0.717, 1.165) is 18.8 Å². The average molecular weight is 775 g/mol. The van der Waals surface area contributed by atoms with E-state index in [1.165, 1.54) is 283 Å². The molecule has 0 heterocycles. The minimum atomic E-state index is 0.0329. The van der Waals surface area contributed by atoms with Crippen LogP contribution in [0, 0.1) is 5.92 Å². The van der Waals surface area contributed by atoms with Crippen LogP contribution in [0.25, 0.3) is 0 Å². The summed E-state index contributed by atoms with van der Waals surface area (Å²) in [6.45, 7) is 7.61. The van der Waals surface area contributed by atoms with Gasteiger partial charge in [0.2, 0.25) is 0 Å². The lowest BCUT2D eigenvalue weighted by molar-refractivity contribution is -0.143. The van der Waals surface area contributed by atoms with Gasteiger partial charge in [-0.3, -0.25) is 4.79 Å². The third kappa shape index (κ3) is 51.5. The molecule has 0 rings (SSSR count). The van der Waals surface area contributed by atoms with E-state index in [4.69, 9.17) is 4.74 Å². The van der Waals surface area contributed by atoms with E-state index in [-0.39, 0.29) is 5.97 Å². The van der Waals surface area contributed by atoms with Crippen LogP contribution in [0.2, 0.25) is 0 Å². The van der Waals surface area contributed by atoms with Gasteiger partial charge in [0.25, 0.3) is 0 Å². The Kier molecular flexibility index (Phi) is 49.1. The van der Waals surface area contributed by atoms with Gasteiger partial charge in [-0.2, -0.15) is 0 Å². The van der Waals surface area contributed by atoms with Crippen LogP contribution in [0.1, 0.15) is 323 Å². The highest BCUT2D eigenvalue weighted by Gasteiger charge is 2.03. The van der Waals surface area contributed by atoms with E-state index in [1.54, 1.807) is 0 Å². The molecule has 0 spiro atoms. The summed E-state index contributed by atoms with van der Waals surface area (Å²) in [7, 11) is 0. The minimum Gasteiger partial charge on any atom is -0.466 e. The number of hydrogen-bond acceptors (Lipinski definition) is 2. The van der Waals surface area contributed by atoms with Crippen LogP contribution in [0.15, 0.2) is 0 Å². The molecule has 0 saturated heterocycles. The predicted molar refractivity (Wildman–Crippen MR) is 248 cm³/mol. The summed E-state index contributed by atoms with van der Waals surface area (Å²) in [6, 6.07) is 0. The molecular formula is C53H106O2. The van der Waals surface area contributed by atoms with Crippen LogP contribution >= 0.6 is 0 Å². The van der Waals surface area contributed by atoms with Crippen molar-refractivity contribution in [2.75, 3.05) is 6.61 Å². The molecule has 0 aliphatic heterocycles. The number of unbranched alkanes of at least 4 members (excludes halogenated alkanes) is 43. The Morgan fingerprint density at radius 1 is 0.309 bits per heavy atom. The van der Waals surface area contributed by atoms with E-state index < -0.39 is 0 Å². The van der Waals surface area contributed by atoms with Crippen molar-refractivity contribution < 1.29 is 9.53 Å². The highest BCUT2D eigenvalue weighted by molar-refractivity contribution is 5.69. The monoisotopic (exact) mass is 775 g/mol. The number of rotatable bonds is 49. The molecule has 0 N–H and O–H groups in total. The number of carbonyl (C=O) groups is 1. The molecule has 0 aromatic heterocycles. The molecule has 330 valence electrons. The van der Waals surface area contributed by atoms with Crippen molar-refractivity contribution in [1.82, 2.24) is 0 Å². The molecule has 0 bridgehead atoms. The highest BCUT2D eigenvalue weighted by Crippen LogP contribution is 2.18. The van der Waals surface area contributed by atoms with Gasteiger partial charge >= 0.3 is 5.97 Å². The normalized spacial score (nSPS) is 11.6. The molecule has 2 heteroatoms. The van der Waals surface area contributed by atoms with Crippen LogP contribution in [0.5, 0.6) is 0 Å². The molecule has 0 radical (unpaired) electrons. The van der Waals surface area contributed by atoms with E-state index >= 15 is 0 Å². The second kappa shape index (κ2) is 49.6. The Labute approximate surface area is 349 Å². The zero-order valence-corrected chi connectivity index (χ0v) is 38.8. The summed E-state index contributed by atoms with van der Waals surface area (Å²) in [6.07, 6.45) is 65.4. The third-order valence-corrected chi connectivity index (χ3v) is 12.4. The lowest BCUT2D eigenvalue weighted by atomic mass is 10.0. The Morgan fingerprint density at radius 3 is 0.782 bits per heavy atom. The first-order chi connectivity index (χ1) is 27.2. The van der Waals surface area contributed by atoms with Gasteiger partial charge in [0, 0.05) is 6.42 Å². The average Bonchev–Trinajstić information content (AvgIpc) is 3.18. The van der Waals surface area contributed by atoms with Crippen molar-refractivity contribution in [3.05, 3.63) is 0 Å². The van der Waals surface area contributed by atoms with Gasteiger partial charge in [-0.1, -0.05) is 303 Å². The molecule has 0 aromatic rings. The molecule has 0 aliphatic rings. The topological polar surface area (TPSA) is 26.3 Å². The lowest BCUT2D eigenvalue weighted by Crippen LogP contribution is -2.05. The van der Waals surface area contributed by atoms with Crippen molar-refractivity contribution in [3.8, 4) is 0 Å². The van der Waals surface area contributed by atoms with Crippen LogP contribution in [-0.2, 0) is 9.53 Å². The fraction of sp³-hybridized carbons (Fsp3) is 0.981. The van der Waals surface area contributed by atoms with Crippen molar-refractivity contribution in [2.45, 2.75) is 323 Å². The molecular weight excluding hydrogens is 669 g/mol. The predicted octanol–water partition coefficient (Wildman–Crippen LogP) is 19.5. The molecule has 0 fully saturated rings. The van der Waals surface area contributed by atoms with Gasteiger partial charge in [0.15, 0.2) is 0 Å². The Bertz CT molecular complexity index is 686. The minimum absolute atomic E-state index is 0.0329. The maximum atomic E-state index is 12.0. The Hall–Kier alpha value is -0.530. The van der Waals surface area contributed by atoms with Gasteiger partial charge in [-0.25, -0.2) is 0 Å². The molecule has 2 nitrogen and oxygen atoms in total. The fourth-order valence-corrected chi connectivity index (χ4v) is 8.50.